The normalized spacial score (nSPS) is 17.2. The lowest BCUT2D eigenvalue weighted by atomic mass is 9.98. The first kappa shape index (κ1) is 16.0. The zero-order chi connectivity index (χ0) is 12.9. The summed E-state index contributed by atoms with van der Waals surface area (Å²) in [6, 6.07) is 0. The summed E-state index contributed by atoms with van der Waals surface area (Å²) in [5.41, 5.74) is 0. The van der Waals surface area contributed by atoms with Gasteiger partial charge in [0.2, 0.25) is 0 Å². The number of hydrogen-bond acceptors (Lipinski definition) is 2. The Labute approximate surface area is 114 Å². The van der Waals surface area contributed by atoms with Gasteiger partial charge in [-0.15, -0.1) is 0 Å². The van der Waals surface area contributed by atoms with Crippen molar-refractivity contribution in [1.82, 2.24) is 10.6 Å². The molecule has 1 saturated heterocycles. The fourth-order valence-electron chi connectivity index (χ4n) is 2.78. The molecule has 1 fully saturated rings. The molecular weight excluding hydrogens is 220 g/mol. The number of piperidine rings is 1. The average molecular weight is 254 g/mol. The Morgan fingerprint density at radius 2 is 1.50 bits per heavy atom. The molecule has 0 aromatic rings. The van der Waals surface area contributed by atoms with Crippen LogP contribution < -0.4 is 10.6 Å². The molecule has 1 heterocycles. The minimum Gasteiger partial charge on any atom is -0.317 e. The van der Waals surface area contributed by atoms with E-state index in [2.05, 4.69) is 17.6 Å². The van der Waals surface area contributed by atoms with Gasteiger partial charge in [0, 0.05) is 0 Å². The highest BCUT2D eigenvalue weighted by atomic mass is 14.9. The molecule has 18 heavy (non-hydrogen) atoms. The largest absolute Gasteiger partial charge is 0.317 e. The molecule has 108 valence electrons. The molecule has 0 atom stereocenters. The zero-order valence-corrected chi connectivity index (χ0v) is 12.5. The van der Waals surface area contributed by atoms with Crippen molar-refractivity contribution in [3.63, 3.8) is 0 Å². The van der Waals surface area contributed by atoms with Crippen LogP contribution in [0.2, 0.25) is 0 Å². The highest BCUT2D eigenvalue weighted by molar-refractivity contribution is 4.70. The molecule has 1 aliphatic heterocycles. The van der Waals surface area contributed by atoms with Crippen LogP contribution in [0.4, 0.5) is 0 Å². The highest BCUT2D eigenvalue weighted by Gasteiger charge is 2.11. The maximum Gasteiger partial charge on any atom is -0.00196 e. The Morgan fingerprint density at radius 1 is 0.889 bits per heavy atom. The third kappa shape index (κ3) is 8.93. The first-order chi connectivity index (χ1) is 8.93. The van der Waals surface area contributed by atoms with Crippen LogP contribution in [0.3, 0.4) is 0 Å². The molecule has 0 unspecified atom stereocenters. The van der Waals surface area contributed by atoms with Crippen LogP contribution in [0.1, 0.15) is 71.1 Å². The van der Waals surface area contributed by atoms with E-state index >= 15 is 0 Å². The molecule has 0 aromatic heterocycles. The first-order valence-corrected chi connectivity index (χ1v) is 8.35. The molecular formula is C16H34N2. The highest BCUT2D eigenvalue weighted by Crippen LogP contribution is 2.10. The number of hydrogen-bond donors (Lipinski definition) is 2. The smallest absolute Gasteiger partial charge is 0.00196 e. The van der Waals surface area contributed by atoms with E-state index in [9.17, 15) is 0 Å². The van der Waals surface area contributed by atoms with E-state index in [1.807, 2.05) is 0 Å². The van der Waals surface area contributed by atoms with Gasteiger partial charge in [0.15, 0.2) is 0 Å². The van der Waals surface area contributed by atoms with Gasteiger partial charge < -0.3 is 10.6 Å². The Balaban J connectivity index is 1.73. The van der Waals surface area contributed by atoms with Crippen LogP contribution in [0, 0.1) is 5.92 Å². The van der Waals surface area contributed by atoms with Gasteiger partial charge in [0.1, 0.15) is 0 Å². The predicted molar refractivity (Wildman–Crippen MR) is 81.1 cm³/mol. The van der Waals surface area contributed by atoms with Crippen molar-refractivity contribution in [2.75, 3.05) is 26.2 Å². The van der Waals surface area contributed by atoms with Gasteiger partial charge in [-0.1, -0.05) is 51.9 Å². The van der Waals surface area contributed by atoms with E-state index in [4.69, 9.17) is 0 Å². The molecule has 0 aromatic carbocycles. The molecule has 2 nitrogen and oxygen atoms in total. The lowest BCUT2D eigenvalue weighted by Crippen LogP contribution is -2.33. The quantitative estimate of drug-likeness (QED) is 0.549. The maximum atomic E-state index is 3.64. The van der Waals surface area contributed by atoms with Crippen LogP contribution >= 0.6 is 0 Å². The van der Waals surface area contributed by atoms with E-state index < -0.39 is 0 Å². The van der Waals surface area contributed by atoms with Crippen molar-refractivity contribution in [1.29, 1.82) is 0 Å². The second kappa shape index (κ2) is 12.0. The molecule has 2 N–H and O–H groups in total. The number of rotatable bonds is 11. The standard InChI is InChI=1S/C16H34N2/c1-2-3-4-5-6-7-8-9-12-18-15-16-10-13-17-14-11-16/h16-18H,2-15H2,1H3. The number of unbranched alkanes of at least 4 members (excludes halogenated alkanes) is 7. The topological polar surface area (TPSA) is 24.1 Å². The van der Waals surface area contributed by atoms with Gasteiger partial charge >= 0.3 is 0 Å². The first-order valence-electron chi connectivity index (χ1n) is 8.35. The summed E-state index contributed by atoms with van der Waals surface area (Å²) < 4.78 is 0. The van der Waals surface area contributed by atoms with Gasteiger partial charge in [0.05, 0.1) is 0 Å². The second-order valence-electron chi connectivity index (χ2n) is 5.87. The summed E-state index contributed by atoms with van der Waals surface area (Å²) in [6.07, 6.45) is 14.1. The van der Waals surface area contributed by atoms with Crippen LogP contribution in [-0.4, -0.2) is 26.2 Å². The van der Waals surface area contributed by atoms with Crippen LogP contribution in [0.25, 0.3) is 0 Å². The van der Waals surface area contributed by atoms with E-state index in [0.717, 1.165) is 5.92 Å². The Bertz CT molecular complexity index is 164. The third-order valence-electron chi connectivity index (χ3n) is 4.10. The van der Waals surface area contributed by atoms with E-state index in [0.29, 0.717) is 0 Å². The minimum atomic E-state index is 0.931. The number of nitrogens with one attached hydrogen (secondary N) is 2. The average Bonchev–Trinajstić information content (AvgIpc) is 2.42. The van der Waals surface area contributed by atoms with Crippen molar-refractivity contribution in [3.8, 4) is 0 Å². The molecule has 0 bridgehead atoms. The molecule has 0 aliphatic carbocycles. The predicted octanol–water partition coefficient (Wildman–Crippen LogP) is 3.72. The van der Waals surface area contributed by atoms with Crippen LogP contribution in [0.15, 0.2) is 0 Å². The summed E-state index contributed by atoms with van der Waals surface area (Å²) in [7, 11) is 0. The lowest BCUT2D eigenvalue weighted by molar-refractivity contribution is 0.355. The Morgan fingerprint density at radius 3 is 2.17 bits per heavy atom. The van der Waals surface area contributed by atoms with E-state index in [1.165, 1.54) is 90.4 Å². The van der Waals surface area contributed by atoms with Gasteiger partial charge in [-0.05, 0) is 51.4 Å². The van der Waals surface area contributed by atoms with E-state index in [1.54, 1.807) is 0 Å². The van der Waals surface area contributed by atoms with Crippen LogP contribution in [-0.2, 0) is 0 Å². The Kier molecular flexibility index (Phi) is 10.6. The van der Waals surface area contributed by atoms with Crippen molar-refractivity contribution in [2.24, 2.45) is 5.92 Å². The van der Waals surface area contributed by atoms with Gasteiger partial charge in [-0.3, -0.25) is 0 Å². The molecule has 0 amide bonds. The van der Waals surface area contributed by atoms with Gasteiger partial charge in [-0.2, -0.15) is 0 Å². The van der Waals surface area contributed by atoms with Gasteiger partial charge in [-0.25, -0.2) is 0 Å². The molecule has 0 saturated carbocycles. The summed E-state index contributed by atoms with van der Waals surface area (Å²) >= 11 is 0. The van der Waals surface area contributed by atoms with E-state index in [-0.39, 0.29) is 0 Å². The molecule has 1 rings (SSSR count). The fourth-order valence-corrected chi connectivity index (χ4v) is 2.78. The second-order valence-corrected chi connectivity index (χ2v) is 5.87. The van der Waals surface area contributed by atoms with Crippen molar-refractivity contribution >= 4 is 0 Å². The zero-order valence-electron chi connectivity index (χ0n) is 12.5. The van der Waals surface area contributed by atoms with Crippen molar-refractivity contribution < 1.29 is 0 Å². The minimum absolute atomic E-state index is 0.931. The summed E-state index contributed by atoms with van der Waals surface area (Å²) in [5, 5.41) is 7.06. The van der Waals surface area contributed by atoms with Gasteiger partial charge in [0.25, 0.3) is 0 Å². The van der Waals surface area contributed by atoms with Crippen molar-refractivity contribution in [3.05, 3.63) is 0 Å². The molecule has 1 aliphatic rings. The molecule has 2 heteroatoms. The molecule has 0 radical (unpaired) electrons. The summed E-state index contributed by atoms with van der Waals surface area (Å²) in [6.45, 7) is 7.22. The molecule has 0 spiro atoms. The third-order valence-corrected chi connectivity index (χ3v) is 4.10. The Hall–Kier alpha value is -0.0800. The maximum absolute atomic E-state index is 3.64. The summed E-state index contributed by atoms with van der Waals surface area (Å²) in [5.74, 6) is 0.931. The monoisotopic (exact) mass is 254 g/mol. The van der Waals surface area contributed by atoms with Crippen molar-refractivity contribution in [2.45, 2.75) is 71.1 Å². The lowest BCUT2D eigenvalue weighted by Gasteiger charge is -2.22. The summed E-state index contributed by atoms with van der Waals surface area (Å²) in [4.78, 5) is 0. The fraction of sp³-hybridized carbons (Fsp3) is 1.00. The SMILES string of the molecule is CCCCCCCCCCNCC1CCNCC1. The van der Waals surface area contributed by atoms with Crippen LogP contribution in [0.5, 0.6) is 0 Å².